The Morgan fingerprint density at radius 3 is 2.86 bits per heavy atom. The van der Waals surface area contributed by atoms with E-state index in [2.05, 4.69) is 25.7 Å². The quantitative estimate of drug-likeness (QED) is 0.621. The first-order chi connectivity index (χ1) is 6.56. The lowest BCUT2D eigenvalue weighted by Gasteiger charge is -2.13. The maximum atomic E-state index is 10.9. The van der Waals surface area contributed by atoms with Crippen molar-refractivity contribution in [3.05, 3.63) is 22.4 Å². The summed E-state index contributed by atoms with van der Waals surface area (Å²) in [4.78, 5) is 14.9. The van der Waals surface area contributed by atoms with Crippen molar-refractivity contribution in [2.75, 3.05) is 12.2 Å². The number of carbonyl (C=O) groups is 1. The van der Waals surface area contributed by atoms with Crippen molar-refractivity contribution in [1.82, 2.24) is 4.98 Å². The van der Waals surface area contributed by atoms with E-state index in [4.69, 9.17) is 0 Å². The molecule has 0 saturated heterocycles. The molecule has 0 aromatic carbocycles. The van der Waals surface area contributed by atoms with Crippen LogP contribution in [0.2, 0.25) is 0 Å². The van der Waals surface area contributed by atoms with Gasteiger partial charge in [0.05, 0.1) is 24.7 Å². The summed E-state index contributed by atoms with van der Waals surface area (Å²) in [5, 5.41) is 9.69. The van der Waals surface area contributed by atoms with E-state index < -0.39 is 6.09 Å². The predicted molar refractivity (Wildman–Crippen MR) is 53.3 cm³/mol. The third-order valence-electron chi connectivity index (χ3n) is 1.60. The Morgan fingerprint density at radius 2 is 2.36 bits per heavy atom. The molecule has 0 aliphatic heterocycles. The normalized spacial score (nSPS) is 9.71. The fourth-order valence-electron chi connectivity index (χ4n) is 0.804. The van der Waals surface area contributed by atoms with E-state index in [1.54, 1.807) is 13.0 Å². The molecule has 1 aromatic heterocycles. The summed E-state index contributed by atoms with van der Waals surface area (Å²) in [6, 6.07) is 1.57. The Hall–Kier alpha value is -1.14. The lowest BCUT2D eigenvalue weighted by atomic mass is 10.3. The third kappa shape index (κ3) is 2.21. The predicted octanol–water partition coefficient (Wildman–Crippen LogP) is 2.11. The number of pyridine rings is 1. The van der Waals surface area contributed by atoms with Crippen molar-refractivity contribution >= 4 is 27.7 Å². The largest absolute Gasteiger partial charge is 0.451 e. The summed E-state index contributed by atoms with van der Waals surface area (Å²) in [5.74, 6) is 0. The molecular weight excluding hydrogens is 252 g/mol. The van der Waals surface area contributed by atoms with Crippen LogP contribution in [0.15, 0.2) is 16.7 Å². The zero-order valence-corrected chi connectivity index (χ0v) is 9.28. The summed E-state index contributed by atoms with van der Waals surface area (Å²) in [5.41, 5.74) is 1.02. The first kappa shape index (κ1) is 10.9. The van der Waals surface area contributed by atoms with Gasteiger partial charge in [-0.25, -0.2) is 4.79 Å². The van der Waals surface area contributed by atoms with Crippen molar-refractivity contribution < 1.29 is 14.7 Å². The summed E-state index contributed by atoms with van der Waals surface area (Å²) in [6.07, 6.45) is 0.513. The highest BCUT2D eigenvalue weighted by atomic mass is 79.9. The van der Waals surface area contributed by atoms with E-state index in [9.17, 15) is 10.0 Å². The fourth-order valence-corrected chi connectivity index (χ4v) is 1.14. The van der Waals surface area contributed by atoms with Crippen LogP contribution in [0.3, 0.4) is 0 Å². The van der Waals surface area contributed by atoms with Crippen LogP contribution in [0, 0.1) is 6.92 Å². The lowest BCUT2D eigenvalue weighted by Crippen LogP contribution is -2.26. The molecule has 0 aliphatic carbocycles. The molecule has 0 spiro atoms. The van der Waals surface area contributed by atoms with E-state index in [1.165, 1.54) is 13.3 Å². The van der Waals surface area contributed by atoms with Crippen LogP contribution in [0.1, 0.15) is 5.69 Å². The van der Waals surface area contributed by atoms with Gasteiger partial charge in [-0.15, -0.1) is 0 Å². The number of aromatic nitrogens is 1. The number of anilines is 1. The Balaban J connectivity index is 2.96. The first-order valence-corrected chi connectivity index (χ1v) is 4.54. The molecule has 0 bridgehead atoms. The number of hydroxylamine groups is 1. The molecule has 1 amide bonds. The van der Waals surface area contributed by atoms with Crippen molar-refractivity contribution in [2.24, 2.45) is 0 Å². The third-order valence-corrected chi connectivity index (χ3v) is 2.41. The van der Waals surface area contributed by atoms with Gasteiger partial charge in [-0.3, -0.25) is 10.2 Å². The standard InChI is InChI=1S/C8H9BrN2O3/c1-5-7(9)3-6(4-10-5)11(13)8(12)14-2/h3-4,13H,1-2H3. The van der Waals surface area contributed by atoms with Crippen molar-refractivity contribution in [3.63, 3.8) is 0 Å². The molecular formula is C8H9BrN2O3. The molecule has 5 nitrogen and oxygen atoms in total. The minimum absolute atomic E-state index is 0.245. The van der Waals surface area contributed by atoms with Gasteiger partial charge >= 0.3 is 6.09 Å². The topological polar surface area (TPSA) is 62.7 Å². The van der Waals surface area contributed by atoms with E-state index in [1.807, 2.05) is 0 Å². The van der Waals surface area contributed by atoms with E-state index in [-0.39, 0.29) is 5.69 Å². The van der Waals surface area contributed by atoms with Crippen LogP contribution in [-0.4, -0.2) is 23.4 Å². The van der Waals surface area contributed by atoms with E-state index in [0.29, 0.717) is 9.54 Å². The van der Waals surface area contributed by atoms with E-state index in [0.717, 1.165) is 5.69 Å². The Labute approximate surface area is 89.4 Å². The van der Waals surface area contributed by atoms with Crippen molar-refractivity contribution in [1.29, 1.82) is 0 Å². The van der Waals surface area contributed by atoms with Crippen LogP contribution in [0.4, 0.5) is 10.5 Å². The van der Waals surface area contributed by atoms with Gasteiger partial charge in [0, 0.05) is 4.47 Å². The lowest BCUT2D eigenvalue weighted by molar-refractivity contribution is 0.141. The Kier molecular flexibility index (Phi) is 3.43. The number of carbonyl (C=O) groups excluding carboxylic acids is 1. The zero-order valence-electron chi connectivity index (χ0n) is 7.69. The summed E-state index contributed by atoms with van der Waals surface area (Å²) in [6.45, 7) is 1.80. The minimum atomic E-state index is -0.859. The number of methoxy groups -OCH3 is 1. The van der Waals surface area contributed by atoms with Gasteiger partial charge < -0.3 is 4.74 Å². The number of amides is 1. The van der Waals surface area contributed by atoms with E-state index >= 15 is 0 Å². The average Bonchev–Trinajstić information content (AvgIpc) is 2.20. The maximum absolute atomic E-state index is 10.9. The molecule has 14 heavy (non-hydrogen) atoms. The minimum Gasteiger partial charge on any atom is -0.451 e. The van der Waals surface area contributed by atoms with Gasteiger partial charge in [0.2, 0.25) is 0 Å². The molecule has 6 heteroatoms. The molecule has 0 radical (unpaired) electrons. The highest BCUT2D eigenvalue weighted by molar-refractivity contribution is 9.10. The van der Waals surface area contributed by atoms with Crippen molar-refractivity contribution in [2.45, 2.75) is 6.92 Å². The van der Waals surface area contributed by atoms with Gasteiger partial charge in [-0.1, -0.05) is 0 Å². The number of hydrogen-bond donors (Lipinski definition) is 1. The smallest absolute Gasteiger partial charge is 0.438 e. The highest BCUT2D eigenvalue weighted by Crippen LogP contribution is 2.20. The Morgan fingerprint density at radius 1 is 1.71 bits per heavy atom. The van der Waals surface area contributed by atoms with Crippen LogP contribution < -0.4 is 5.06 Å². The first-order valence-electron chi connectivity index (χ1n) is 3.75. The van der Waals surface area contributed by atoms with Crippen LogP contribution in [-0.2, 0) is 4.74 Å². The molecule has 1 aromatic rings. The molecule has 0 saturated carbocycles. The highest BCUT2D eigenvalue weighted by Gasteiger charge is 2.14. The summed E-state index contributed by atoms with van der Waals surface area (Å²) >= 11 is 3.23. The van der Waals surface area contributed by atoms with Crippen molar-refractivity contribution in [3.8, 4) is 0 Å². The Bertz CT molecular complexity index is 356. The van der Waals surface area contributed by atoms with Gasteiger partial charge in [0.15, 0.2) is 0 Å². The fraction of sp³-hybridized carbons (Fsp3) is 0.250. The average molecular weight is 261 g/mol. The molecule has 1 heterocycles. The number of rotatable bonds is 1. The van der Waals surface area contributed by atoms with Gasteiger partial charge in [0.25, 0.3) is 0 Å². The van der Waals surface area contributed by atoms with Crippen LogP contribution >= 0.6 is 15.9 Å². The number of ether oxygens (including phenoxy) is 1. The number of nitrogens with zero attached hydrogens (tertiary/aromatic N) is 2. The van der Waals surface area contributed by atoms with Gasteiger partial charge in [-0.05, 0) is 28.9 Å². The molecule has 0 unspecified atom stereocenters. The van der Waals surface area contributed by atoms with Crippen LogP contribution in [0.25, 0.3) is 0 Å². The molecule has 0 fully saturated rings. The number of halogens is 1. The SMILES string of the molecule is COC(=O)N(O)c1cnc(C)c(Br)c1. The second kappa shape index (κ2) is 4.39. The zero-order chi connectivity index (χ0) is 10.7. The van der Waals surface area contributed by atoms with Gasteiger partial charge in [0.1, 0.15) is 0 Å². The van der Waals surface area contributed by atoms with Crippen LogP contribution in [0.5, 0.6) is 0 Å². The number of aryl methyl sites for hydroxylation is 1. The second-order valence-corrected chi connectivity index (χ2v) is 3.40. The molecule has 1 N–H and O–H groups in total. The summed E-state index contributed by atoms with van der Waals surface area (Å²) < 4.78 is 5.04. The molecule has 76 valence electrons. The molecule has 0 atom stereocenters. The monoisotopic (exact) mass is 260 g/mol. The molecule has 0 aliphatic rings. The number of hydrogen-bond acceptors (Lipinski definition) is 4. The second-order valence-electron chi connectivity index (χ2n) is 2.54. The summed E-state index contributed by atoms with van der Waals surface area (Å²) in [7, 11) is 1.18. The maximum Gasteiger partial charge on any atom is 0.438 e. The van der Waals surface area contributed by atoms with Gasteiger partial charge in [-0.2, -0.15) is 5.06 Å². The molecule has 1 rings (SSSR count).